The monoisotopic (exact) mass is 302 g/mol. The fourth-order valence-corrected chi connectivity index (χ4v) is 2.79. The number of halogens is 3. The Balaban J connectivity index is 2.33. The minimum atomic E-state index is 0.426. The molecule has 1 nitrogen and oxygen atoms in total. The molecule has 1 aliphatic rings. The van der Waals surface area contributed by atoms with E-state index in [0.717, 1.165) is 17.8 Å². The zero-order valence-corrected chi connectivity index (χ0v) is 12.7. The molecular weight excluding hydrogens is 291 g/mol. The summed E-state index contributed by atoms with van der Waals surface area (Å²) in [5.74, 6) is 1.37. The maximum Gasteiger partial charge on any atom is 0.164 e. The zero-order valence-electron chi connectivity index (χ0n) is 10.4. The van der Waals surface area contributed by atoms with Crippen LogP contribution in [-0.2, 0) is 0 Å². The van der Waals surface area contributed by atoms with Gasteiger partial charge in [-0.2, -0.15) is 0 Å². The molecule has 0 spiro atoms. The van der Waals surface area contributed by atoms with Crippen LogP contribution in [0.5, 0.6) is 5.75 Å². The lowest BCUT2D eigenvalue weighted by molar-refractivity contribution is 0.412. The molecule has 0 radical (unpaired) electrons. The van der Waals surface area contributed by atoms with Gasteiger partial charge in [-0.05, 0) is 44.1 Å². The van der Waals surface area contributed by atoms with Gasteiger partial charge in [-0.25, -0.2) is 0 Å². The van der Waals surface area contributed by atoms with Crippen molar-refractivity contribution >= 4 is 34.8 Å². The highest BCUT2D eigenvalue weighted by molar-refractivity contribution is 6.40. The normalized spacial score (nSPS) is 15.7. The summed E-state index contributed by atoms with van der Waals surface area (Å²) in [6.45, 7) is 6.23. The largest absolute Gasteiger partial charge is 0.458 e. The maximum absolute atomic E-state index is 6.10. The SMILES string of the molecule is CC1=C(C)C(C)=C(Oc2c(Cl)cc(Cl)cc2Cl)C1. The van der Waals surface area contributed by atoms with Gasteiger partial charge in [-0.15, -0.1) is 0 Å². The van der Waals surface area contributed by atoms with Crippen LogP contribution < -0.4 is 4.74 Å². The van der Waals surface area contributed by atoms with Crippen molar-refractivity contribution in [3.63, 3.8) is 0 Å². The Labute approximate surface area is 122 Å². The summed E-state index contributed by atoms with van der Waals surface area (Å²) < 4.78 is 5.86. The molecule has 2 rings (SSSR count). The maximum atomic E-state index is 6.10. The second-order valence-electron chi connectivity index (χ2n) is 4.43. The first-order valence-electron chi connectivity index (χ1n) is 5.59. The first kappa shape index (κ1) is 13.8. The van der Waals surface area contributed by atoms with Crippen LogP contribution in [0.3, 0.4) is 0 Å². The van der Waals surface area contributed by atoms with Crippen LogP contribution in [0.2, 0.25) is 15.1 Å². The molecule has 0 N–H and O–H groups in total. The molecular formula is C14H13Cl3O. The molecule has 96 valence electrons. The number of allylic oxidation sites excluding steroid dienone is 3. The predicted octanol–water partition coefficient (Wildman–Crippen LogP) is 6.04. The van der Waals surface area contributed by atoms with Gasteiger partial charge in [0, 0.05) is 11.4 Å². The van der Waals surface area contributed by atoms with Gasteiger partial charge in [0.15, 0.2) is 5.75 Å². The Morgan fingerprint density at radius 1 is 0.944 bits per heavy atom. The molecule has 18 heavy (non-hydrogen) atoms. The third-order valence-corrected chi connectivity index (χ3v) is 4.01. The summed E-state index contributed by atoms with van der Waals surface area (Å²) in [5, 5.41) is 1.35. The third-order valence-electron chi connectivity index (χ3n) is 3.23. The smallest absolute Gasteiger partial charge is 0.164 e. The number of hydrogen-bond donors (Lipinski definition) is 0. The van der Waals surface area contributed by atoms with E-state index < -0.39 is 0 Å². The van der Waals surface area contributed by atoms with Gasteiger partial charge in [0.05, 0.1) is 10.0 Å². The summed E-state index contributed by atoms with van der Waals surface area (Å²) in [6, 6.07) is 3.25. The van der Waals surface area contributed by atoms with Crippen molar-refractivity contribution in [1.82, 2.24) is 0 Å². The lowest BCUT2D eigenvalue weighted by Crippen LogP contribution is -1.97. The van der Waals surface area contributed by atoms with E-state index >= 15 is 0 Å². The quantitative estimate of drug-likeness (QED) is 0.647. The Bertz CT molecular complexity index is 547. The molecule has 1 aromatic rings. The van der Waals surface area contributed by atoms with Gasteiger partial charge in [0.25, 0.3) is 0 Å². The highest BCUT2D eigenvalue weighted by Crippen LogP contribution is 2.40. The molecule has 0 bridgehead atoms. The van der Waals surface area contributed by atoms with Crippen LogP contribution in [-0.4, -0.2) is 0 Å². The highest BCUT2D eigenvalue weighted by atomic mass is 35.5. The van der Waals surface area contributed by atoms with E-state index in [2.05, 4.69) is 13.8 Å². The standard InChI is InChI=1S/C14H13Cl3O/c1-7-4-13(9(3)8(7)2)18-14-11(16)5-10(15)6-12(14)17/h5-6H,4H2,1-3H3. The highest BCUT2D eigenvalue weighted by Gasteiger charge is 2.20. The Kier molecular flexibility index (Phi) is 3.96. The first-order chi connectivity index (χ1) is 8.40. The molecule has 0 saturated heterocycles. The minimum Gasteiger partial charge on any atom is -0.458 e. The van der Waals surface area contributed by atoms with E-state index in [1.54, 1.807) is 12.1 Å². The van der Waals surface area contributed by atoms with Gasteiger partial charge >= 0.3 is 0 Å². The number of hydrogen-bond acceptors (Lipinski definition) is 1. The molecule has 1 aromatic carbocycles. The van der Waals surface area contributed by atoms with Crippen LogP contribution in [0.15, 0.2) is 34.6 Å². The van der Waals surface area contributed by atoms with E-state index in [0.29, 0.717) is 20.8 Å². The molecule has 0 amide bonds. The van der Waals surface area contributed by atoms with Crippen LogP contribution in [0.25, 0.3) is 0 Å². The summed E-state index contributed by atoms with van der Waals surface area (Å²) >= 11 is 18.1. The Morgan fingerprint density at radius 3 is 1.94 bits per heavy atom. The lowest BCUT2D eigenvalue weighted by atomic mass is 10.1. The molecule has 0 unspecified atom stereocenters. The summed E-state index contributed by atoms with van der Waals surface area (Å²) in [7, 11) is 0. The van der Waals surface area contributed by atoms with Gasteiger partial charge in [0.2, 0.25) is 0 Å². The van der Waals surface area contributed by atoms with E-state index in [9.17, 15) is 0 Å². The Hall–Kier alpha value is -0.630. The van der Waals surface area contributed by atoms with Gasteiger partial charge in [0.1, 0.15) is 5.76 Å². The van der Waals surface area contributed by atoms with Crippen molar-refractivity contribution in [2.75, 3.05) is 0 Å². The van der Waals surface area contributed by atoms with Gasteiger partial charge in [-0.3, -0.25) is 0 Å². The van der Waals surface area contributed by atoms with Crippen LogP contribution in [0.1, 0.15) is 27.2 Å². The number of ether oxygens (including phenoxy) is 1. The average Bonchev–Trinajstić information content (AvgIpc) is 2.51. The second-order valence-corrected chi connectivity index (χ2v) is 5.68. The topological polar surface area (TPSA) is 9.23 Å². The number of benzene rings is 1. The molecule has 0 atom stereocenters. The van der Waals surface area contributed by atoms with Crippen LogP contribution in [0.4, 0.5) is 0 Å². The fourth-order valence-electron chi connectivity index (χ4n) is 1.90. The van der Waals surface area contributed by atoms with Crippen molar-refractivity contribution in [2.45, 2.75) is 27.2 Å². The van der Waals surface area contributed by atoms with Crippen molar-refractivity contribution in [3.05, 3.63) is 49.7 Å². The molecule has 4 heteroatoms. The zero-order chi connectivity index (χ0) is 13.4. The Morgan fingerprint density at radius 2 is 1.50 bits per heavy atom. The van der Waals surface area contributed by atoms with Crippen molar-refractivity contribution in [1.29, 1.82) is 0 Å². The second kappa shape index (κ2) is 5.16. The molecule has 0 aliphatic heterocycles. The molecule has 0 aromatic heterocycles. The predicted molar refractivity (Wildman–Crippen MR) is 77.8 cm³/mol. The van der Waals surface area contributed by atoms with E-state index in [-0.39, 0.29) is 0 Å². The average molecular weight is 304 g/mol. The molecule has 0 fully saturated rings. The summed E-state index contributed by atoms with van der Waals surface area (Å²) in [6.07, 6.45) is 0.799. The first-order valence-corrected chi connectivity index (χ1v) is 6.72. The minimum absolute atomic E-state index is 0.426. The molecule has 0 heterocycles. The summed E-state index contributed by atoms with van der Waals surface area (Å²) in [5.41, 5.74) is 3.73. The number of rotatable bonds is 2. The fraction of sp³-hybridized carbons (Fsp3) is 0.286. The van der Waals surface area contributed by atoms with Crippen molar-refractivity contribution in [3.8, 4) is 5.75 Å². The van der Waals surface area contributed by atoms with E-state index in [1.807, 2.05) is 6.92 Å². The third kappa shape index (κ3) is 2.54. The summed E-state index contributed by atoms with van der Waals surface area (Å²) in [4.78, 5) is 0. The van der Waals surface area contributed by atoms with Crippen LogP contribution >= 0.6 is 34.8 Å². The van der Waals surface area contributed by atoms with Crippen molar-refractivity contribution in [2.24, 2.45) is 0 Å². The van der Waals surface area contributed by atoms with Gasteiger partial charge < -0.3 is 4.74 Å². The van der Waals surface area contributed by atoms with E-state index in [1.165, 1.54) is 11.1 Å². The van der Waals surface area contributed by atoms with Crippen molar-refractivity contribution < 1.29 is 4.74 Å². The molecule has 0 saturated carbocycles. The van der Waals surface area contributed by atoms with Crippen LogP contribution in [0, 0.1) is 0 Å². The lowest BCUT2D eigenvalue weighted by Gasteiger charge is -2.12. The molecule has 1 aliphatic carbocycles. The van der Waals surface area contributed by atoms with Gasteiger partial charge in [-0.1, -0.05) is 40.4 Å². The van der Waals surface area contributed by atoms with E-state index in [4.69, 9.17) is 39.5 Å².